The summed E-state index contributed by atoms with van der Waals surface area (Å²) >= 11 is 0. The molecule has 0 N–H and O–H groups in total. The Balaban J connectivity index is 1.81. The van der Waals surface area contributed by atoms with Crippen LogP contribution in [0.2, 0.25) is 0 Å². The van der Waals surface area contributed by atoms with Crippen molar-refractivity contribution in [3.8, 4) is 0 Å². The summed E-state index contributed by atoms with van der Waals surface area (Å²) in [5.41, 5.74) is 2.27. The number of nitrogens with zero attached hydrogens (tertiary/aromatic N) is 2. The van der Waals surface area contributed by atoms with E-state index >= 15 is 0 Å². The van der Waals surface area contributed by atoms with Gasteiger partial charge in [-0.1, -0.05) is 18.2 Å². The van der Waals surface area contributed by atoms with Crippen LogP contribution in [0.1, 0.15) is 28.8 Å². The molecule has 0 aliphatic heterocycles. The molecule has 1 saturated carbocycles. The van der Waals surface area contributed by atoms with Crippen LogP contribution in [-0.4, -0.2) is 30.9 Å². The Labute approximate surface area is 136 Å². The Kier molecular flexibility index (Phi) is 4.33. The summed E-state index contributed by atoms with van der Waals surface area (Å²) in [7, 11) is 3.93. The van der Waals surface area contributed by atoms with Gasteiger partial charge < -0.3 is 9.80 Å². The molecule has 0 aromatic heterocycles. The zero-order valence-corrected chi connectivity index (χ0v) is 13.5. The molecular formula is C19H21FN2O. The summed E-state index contributed by atoms with van der Waals surface area (Å²) in [5.74, 6) is -0.282. The molecule has 4 heteroatoms. The monoisotopic (exact) mass is 312 g/mol. The average molecular weight is 312 g/mol. The van der Waals surface area contributed by atoms with Gasteiger partial charge in [0.15, 0.2) is 0 Å². The van der Waals surface area contributed by atoms with Gasteiger partial charge in [0.2, 0.25) is 0 Å². The van der Waals surface area contributed by atoms with Crippen LogP contribution in [0, 0.1) is 5.82 Å². The molecule has 1 aliphatic carbocycles. The van der Waals surface area contributed by atoms with Crippen molar-refractivity contribution >= 4 is 11.6 Å². The quantitative estimate of drug-likeness (QED) is 0.840. The average Bonchev–Trinajstić information content (AvgIpc) is 3.38. The highest BCUT2D eigenvalue weighted by Crippen LogP contribution is 2.30. The van der Waals surface area contributed by atoms with E-state index in [4.69, 9.17) is 0 Å². The van der Waals surface area contributed by atoms with Gasteiger partial charge in [0.1, 0.15) is 5.82 Å². The van der Waals surface area contributed by atoms with E-state index in [9.17, 15) is 9.18 Å². The van der Waals surface area contributed by atoms with E-state index in [-0.39, 0.29) is 17.8 Å². The van der Waals surface area contributed by atoms with Crippen LogP contribution in [-0.2, 0) is 6.54 Å². The summed E-state index contributed by atoms with van der Waals surface area (Å²) in [5, 5.41) is 0. The second kappa shape index (κ2) is 6.41. The minimum absolute atomic E-state index is 0.0268. The van der Waals surface area contributed by atoms with E-state index in [2.05, 4.69) is 0 Å². The number of hydrogen-bond acceptors (Lipinski definition) is 2. The van der Waals surface area contributed by atoms with Gasteiger partial charge in [-0.2, -0.15) is 0 Å². The molecule has 2 aromatic carbocycles. The minimum atomic E-state index is -0.256. The second-order valence-corrected chi connectivity index (χ2v) is 6.20. The van der Waals surface area contributed by atoms with Crippen molar-refractivity contribution in [2.24, 2.45) is 0 Å². The number of hydrogen-bond donors (Lipinski definition) is 0. The predicted octanol–water partition coefficient (Wildman–Crippen LogP) is 3.70. The zero-order chi connectivity index (χ0) is 16.4. The first-order chi connectivity index (χ1) is 11.1. The topological polar surface area (TPSA) is 23.6 Å². The van der Waals surface area contributed by atoms with Gasteiger partial charge in [-0.15, -0.1) is 0 Å². The lowest BCUT2D eigenvalue weighted by molar-refractivity contribution is 0.0728. The summed E-state index contributed by atoms with van der Waals surface area (Å²) in [4.78, 5) is 16.6. The third-order valence-electron chi connectivity index (χ3n) is 4.18. The molecule has 3 rings (SSSR count). The van der Waals surface area contributed by atoms with Crippen molar-refractivity contribution in [2.75, 3.05) is 19.0 Å². The maximum absolute atomic E-state index is 13.9. The van der Waals surface area contributed by atoms with E-state index in [0.717, 1.165) is 18.5 Å². The molecule has 23 heavy (non-hydrogen) atoms. The van der Waals surface area contributed by atoms with E-state index < -0.39 is 0 Å². The van der Waals surface area contributed by atoms with Crippen molar-refractivity contribution in [2.45, 2.75) is 25.4 Å². The minimum Gasteiger partial charge on any atom is -0.378 e. The molecule has 1 amide bonds. The molecule has 2 aromatic rings. The van der Waals surface area contributed by atoms with Crippen LogP contribution in [0.3, 0.4) is 0 Å². The third-order valence-corrected chi connectivity index (χ3v) is 4.18. The fraction of sp³-hybridized carbons (Fsp3) is 0.316. The highest BCUT2D eigenvalue weighted by Gasteiger charge is 2.33. The van der Waals surface area contributed by atoms with Crippen LogP contribution in [0.4, 0.5) is 10.1 Å². The normalized spacial score (nSPS) is 13.7. The van der Waals surface area contributed by atoms with Crippen molar-refractivity contribution in [3.05, 3.63) is 65.5 Å². The largest absolute Gasteiger partial charge is 0.378 e. The van der Waals surface area contributed by atoms with Crippen molar-refractivity contribution in [3.63, 3.8) is 0 Å². The predicted molar refractivity (Wildman–Crippen MR) is 90.1 cm³/mol. The number of halogens is 1. The molecule has 0 atom stereocenters. The van der Waals surface area contributed by atoms with Gasteiger partial charge in [0.05, 0.1) is 0 Å². The number of anilines is 1. The van der Waals surface area contributed by atoms with Gasteiger partial charge in [0.25, 0.3) is 5.91 Å². The first-order valence-corrected chi connectivity index (χ1v) is 7.88. The van der Waals surface area contributed by atoms with Crippen LogP contribution in [0.15, 0.2) is 48.5 Å². The lowest BCUT2D eigenvalue weighted by atomic mass is 10.1. The maximum atomic E-state index is 13.9. The molecule has 1 fully saturated rings. The first kappa shape index (κ1) is 15.5. The molecule has 0 unspecified atom stereocenters. The Morgan fingerprint density at radius 1 is 1.09 bits per heavy atom. The van der Waals surface area contributed by atoms with Gasteiger partial charge in [-0.05, 0) is 43.2 Å². The fourth-order valence-electron chi connectivity index (χ4n) is 2.63. The van der Waals surface area contributed by atoms with Crippen LogP contribution in [0.25, 0.3) is 0 Å². The van der Waals surface area contributed by atoms with Gasteiger partial charge >= 0.3 is 0 Å². The molecule has 0 spiro atoms. The standard InChI is InChI=1S/C19H21FN2O/c1-21(2)16-9-7-14(8-10-16)19(23)22(17-11-12-17)13-15-5-3-4-6-18(15)20/h3-10,17H,11-13H2,1-2H3. The molecule has 120 valence electrons. The molecule has 0 bridgehead atoms. The van der Waals surface area contributed by atoms with E-state index in [1.54, 1.807) is 23.1 Å². The van der Waals surface area contributed by atoms with Crippen LogP contribution < -0.4 is 4.90 Å². The van der Waals surface area contributed by atoms with E-state index in [0.29, 0.717) is 17.7 Å². The maximum Gasteiger partial charge on any atom is 0.254 e. The molecule has 0 saturated heterocycles. The van der Waals surface area contributed by atoms with Crippen molar-refractivity contribution in [1.82, 2.24) is 4.90 Å². The zero-order valence-electron chi connectivity index (χ0n) is 13.5. The van der Waals surface area contributed by atoms with Gasteiger partial charge in [-0.3, -0.25) is 4.79 Å². The molecule has 3 nitrogen and oxygen atoms in total. The summed E-state index contributed by atoms with van der Waals surface area (Å²) in [6, 6.07) is 14.4. The molecule has 0 heterocycles. The Bertz CT molecular complexity index is 693. The van der Waals surface area contributed by atoms with Crippen LogP contribution in [0.5, 0.6) is 0 Å². The lowest BCUT2D eigenvalue weighted by Crippen LogP contribution is -2.33. The highest BCUT2D eigenvalue weighted by atomic mass is 19.1. The number of benzene rings is 2. The fourth-order valence-corrected chi connectivity index (χ4v) is 2.63. The third kappa shape index (κ3) is 3.52. The van der Waals surface area contributed by atoms with Gasteiger partial charge in [0, 0.05) is 43.5 Å². The smallest absolute Gasteiger partial charge is 0.254 e. The van der Waals surface area contributed by atoms with Gasteiger partial charge in [-0.25, -0.2) is 4.39 Å². The Morgan fingerprint density at radius 2 is 1.74 bits per heavy atom. The number of carbonyl (C=O) groups excluding carboxylic acids is 1. The summed E-state index contributed by atoms with van der Waals surface area (Å²) in [6.45, 7) is 0.325. The first-order valence-electron chi connectivity index (χ1n) is 7.88. The highest BCUT2D eigenvalue weighted by molar-refractivity contribution is 5.95. The SMILES string of the molecule is CN(C)c1ccc(C(=O)N(Cc2ccccc2F)C2CC2)cc1. The summed E-state index contributed by atoms with van der Waals surface area (Å²) < 4.78 is 13.9. The summed E-state index contributed by atoms with van der Waals surface area (Å²) in [6.07, 6.45) is 1.99. The second-order valence-electron chi connectivity index (χ2n) is 6.20. The Morgan fingerprint density at radius 3 is 2.30 bits per heavy atom. The van der Waals surface area contributed by atoms with E-state index in [1.807, 2.05) is 43.3 Å². The van der Waals surface area contributed by atoms with Crippen LogP contribution >= 0.6 is 0 Å². The lowest BCUT2D eigenvalue weighted by Gasteiger charge is -2.23. The molecule has 1 aliphatic rings. The van der Waals surface area contributed by atoms with Crippen molar-refractivity contribution < 1.29 is 9.18 Å². The number of carbonyl (C=O) groups is 1. The molecular weight excluding hydrogens is 291 g/mol. The number of rotatable bonds is 5. The number of amides is 1. The Hall–Kier alpha value is -2.36. The van der Waals surface area contributed by atoms with E-state index in [1.165, 1.54) is 6.07 Å². The van der Waals surface area contributed by atoms with Crippen molar-refractivity contribution in [1.29, 1.82) is 0 Å². The molecule has 0 radical (unpaired) electrons.